The van der Waals surface area contributed by atoms with Gasteiger partial charge in [0.1, 0.15) is 0 Å². The topological polar surface area (TPSA) is 66.6 Å². The number of rotatable bonds is 4. The van der Waals surface area contributed by atoms with Gasteiger partial charge in [-0.3, -0.25) is 15.0 Å². The summed E-state index contributed by atoms with van der Waals surface area (Å²) in [7, 11) is 0. The molecule has 104 valence electrons. The molecule has 0 amide bonds. The number of aliphatic hydroxyl groups is 1. The minimum atomic E-state index is -0.369. The van der Waals surface area contributed by atoms with Crippen LogP contribution < -0.4 is 0 Å². The number of nitrogens with zero attached hydrogens (tertiary/aromatic N) is 2. The Hall–Kier alpha value is -1.46. The lowest BCUT2D eigenvalue weighted by Crippen LogP contribution is -2.45. The van der Waals surface area contributed by atoms with Gasteiger partial charge in [0.25, 0.3) is 5.69 Å². The molecule has 19 heavy (non-hydrogen) atoms. The largest absolute Gasteiger partial charge is 0.392 e. The summed E-state index contributed by atoms with van der Waals surface area (Å²) >= 11 is 0. The van der Waals surface area contributed by atoms with Gasteiger partial charge in [-0.1, -0.05) is 18.6 Å². The Kier molecular flexibility index (Phi) is 4.50. The fourth-order valence-corrected chi connectivity index (χ4v) is 2.76. The van der Waals surface area contributed by atoms with Crippen molar-refractivity contribution in [2.75, 3.05) is 6.54 Å². The zero-order chi connectivity index (χ0) is 13.8. The third kappa shape index (κ3) is 3.52. The van der Waals surface area contributed by atoms with E-state index in [0.29, 0.717) is 6.54 Å². The third-order valence-electron chi connectivity index (χ3n) is 3.73. The van der Waals surface area contributed by atoms with Crippen LogP contribution in [0.2, 0.25) is 0 Å². The molecule has 0 radical (unpaired) electrons. The van der Waals surface area contributed by atoms with Crippen LogP contribution in [0.15, 0.2) is 24.3 Å². The number of nitro benzene ring substituents is 1. The van der Waals surface area contributed by atoms with E-state index in [9.17, 15) is 15.2 Å². The van der Waals surface area contributed by atoms with Crippen molar-refractivity contribution >= 4 is 5.69 Å². The summed E-state index contributed by atoms with van der Waals surface area (Å²) in [6, 6.07) is 6.91. The van der Waals surface area contributed by atoms with Gasteiger partial charge in [-0.25, -0.2) is 0 Å². The molecule has 1 heterocycles. The Morgan fingerprint density at radius 1 is 1.53 bits per heavy atom. The van der Waals surface area contributed by atoms with E-state index in [0.717, 1.165) is 31.4 Å². The summed E-state index contributed by atoms with van der Waals surface area (Å²) in [5.74, 6) is 0. The summed E-state index contributed by atoms with van der Waals surface area (Å²) in [5.41, 5.74) is 1.06. The van der Waals surface area contributed by atoms with Crippen LogP contribution in [0.25, 0.3) is 0 Å². The molecule has 5 nitrogen and oxygen atoms in total. The third-order valence-corrected chi connectivity index (χ3v) is 3.73. The molecule has 0 saturated carbocycles. The number of likely N-dealkylation sites (tertiary alicyclic amines) is 1. The van der Waals surface area contributed by atoms with Gasteiger partial charge in [-0.2, -0.15) is 0 Å². The van der Waals surface area contributed by atoms with Crippen molar-refractivity contribution in [2.45, 2.75) is 44.9 Å². The molecule has 2 atom stereocenters. The predicted molar refractivity (Wildman–Crippen MR) is 72.8 cm³/mol. The highest BCUT2D eigenvalue weighted by Gasteiger charge is 2.26. The first-order valence-electron chi connectivity index (χ1n) is 6.73. The van der Waals surface area contributed by atoms with Crippen molar-refractivity contribution < 1.29 is 10.0 Å². The monoisotopic (exact) mass is 264 g/mol. The summed E-state index contributed by atoms with van der Waals surface area (Å²) in [6.07, 6.45) is 2.89. The number of hydrogen-bond donors (Lipinski definition) is 1. The van der Waals surface area contributed by atoms with Crippen LogP contribution in [0.3, 0.4) is 0 Å². The zero-order valence-corrected chi connectivity index (χ0v) is 11.2. The van der Waals surface area contributed by atoms with Crippen LogP contribution in [0.5, 0.6) is 0 Å². The number of hydrogen-bond acceptors (Lipinski definition) is 4. The number of piperidine rings is 1. The van der Waals surface area contributed by atoms with Crippen molar-refractivity contribution in [1.82, 2.24) is 4.90 Å². The van der Waals surface area contributed by atoms with Crippen LogP contribution in [0.1, 0.15) is 31.7 Å². The van der Waals surface area contributed by atoms with E-state index in [4.69, 9.17) is 0 Å². The molecule has 1 aliphatic rings. The maximum absolute atomic E-state index is 10.8. The molecule has 1 saturated heterocycles. The molecule has 1 fully saturated rings. The molecule has 1 aliphatic heterocycles. The SMILES string of the molecule is C[C@H](O)[C@H]1CCCCN1Cc1cccc([N+](=O)[O-])c1. The Morgan fingerprint density at radius 3 is 3.00 bits per heavy atom. The predicted octanol–water partition coefficient (Wildman–Crippen LogP) is 2.33. The van der Waals surface area contributed by atoms with E-state index in [1.165, 1.54) is 6.07 Å². The summed E-state index contributed by atoms with van der Waals surface area (Å²) in [6.45, 7) is 3.42. The smallest absolute Gasteiger partial charge is 0.269 e. The van der Waals surface area contributed by atoms with Crippen LogP contribution in [-0.4, -0.2) is 33.6 Å². The second-order valence-electron chi connectivity index (χ2n) is 5.20. The van der Waals surface area contributed by atoms with E-state index < -0.39 is 0 Å². The van der Waals surface area contributed by atoms with Gasteiger partial charge >= 0.3 is 0 Å². The van der Waals surface area contributed by atoms with Crippen LogP contribution in [0, 0.1) is 10.1 Å². The number of aliphatic hydroxyl groups excluding tert-OH is 1. The number of benzene rings is 1. The Balaban J connectivity index is 2.10. The molecule has 1 aromatic rings. The van der Waals surface area contributed by atoms with E-state index in [1.54, 1.807) is 12.1 Å². The summed E-state index contributed by atoms with van der Waals surface area (Å²) in [4.78, 5) is 12.6. The second kappa shape index (κ2) is 6.12. The highest BCUT2D eigenvalue weighted by atomic mass is 16.6. The molecular formula is C14H20N2O3. The molecule has 0 spiro atoms. The average molecular weight is 264 g/mol. The van der Waals surface area contributed by atoms with E-state index in [-0.39, 0.29) is 22.8 Å². The van der Waals surface area contributed by atoms with E-state index >= 15 is 0 Å². The Labute approximate surface area is 113 Å². The molecule has 2 rings (SSSR count). The molecule has 1 aromatic carbocycles. The van der Waals surface area contributed by atoms with Crippen molar-refractivity contribution in [3.8, 4) is 0 Å². The van der Waals surface area contributed by atoms with Crippen molar-refractivity contribution in [1.29, 1.82) is 0 Å². The Morgan fingerprint density at radius 2 is 2.32 bits per heavy atom. The average Bonchev–Trinajstić information content (AvgIpc) is 2.39. The van der Waals surface area contributed by atoms with Gasteiger partial charge in [0, 0.05) is 24.7 Å². The Bertz CT molecular complexity index is 448. The van der Waals surface area contributed by atoms with Gasteiger partial charge in [-0.15, -0.1) is 0 Å². The normalized spacial score (nSPS) is 22.1. The van der Waals surface area contributed by atoms with E-state index in [1.807, 2.05) is 13.0 Å². The fraction of sp³-hybridized carbons (Fsp3) is 0.571. The van der Waals surface area contributed by atoms with Crippen LogP contribution >= 0.6 is 0 Å². The van der Waals surface area contributed by atoms with Crippen molar-refractivity contribution in [3.63, 3.8) is 0 Å². The first-order chi connectivity index (χ1) is 9.08. The fourth-order valence-electron chi connectivity index (χ4n) is 2.76. The van der Waals surface area contributed by atoms with Gasteiger partial charge in [0.05, 0.1) is 11.0 Å². The lowest BCUT2D eigenvalue weighted by molar-refractivity contribution is -0.384. The maximum Gasteiger partial charge on any atom is 0.269 e. The molecule has 0 unspecified atom stereocenters. The standard InChI is InChI=1S/C14H20N2O3/c1-11(17)14-7-2-3-8-15(14)10-12-5-4-6-13(9-12)16(18)19/h4-6,9,11,14,17H,2-3,7-8,10H2,1H3/t11-,14+/m0/s1. The zero-order valence-electron chi connectivity index (χ0n) is 11.2. The summed E-state index contributed by atoms with van der Waals surface area (Å²) in [5, 5.41) is 20.6. The first kappa shape index (κ1) is 14.0. The molecular weight excluding hydrogens is 244 g/mol. The molecule has 5 heteroatoms. The maximum atomic E-state index is 10.8. The van der Waals surface area contributed by atoms with Crippen molar-refractivity contribution in [2.24, 2.45) is 0 Å². The minimum absolute atomic E-state index is 0.128. The number of non-ortho nitro benzene ring substituents is 1. The van der Waals surface area contributed by atoms with Crippen LogP contribution in [0.4, 0.5) is 5.69 Å². The molecule has 1 N–H and O–H groups in total. The molecule has 0 aliphatic carbocycles. The lowest BCUT2D eigenvalue weighted by Gasteiger charge is -2.37. The first-order valence-corrected chi connectivity index (χ1v) is 6.73. The van der Waals surface area contributed by atoms with Crippen LogP contribution in [-0.2, 0) is 6.54 Å². The highest BCUT2D eigenvalue weighted by Crippen LogP contribution is 2.23. The summed E-state index contributed by atoms with van der Waals surface area (Å²) < 4.78 is 0. The lowest BCUT2D eigenvalue weighted by atomic mass is 9.97. The van der Waals surface area contributed by atoms with Gasteiger partial charge in [-0.05, 0) is 31.9 Å². The highest BCUT2D eigenvalue weighted by molar-refractivity contribution is 5.34. The molecule has 0 bridgehead atoms. The number of nitro groups is 1. The van der Waals surface area contributed by atoms with Gasteiger partial charge in [0.2, 0.25) is 0 Å². The second-order valence-corrected chi connectivity index (χ2v) is 5.20. The quantitative estimate of drug-likeness (QED) is 0.669. The molecule has 0 aromatic heterocycles. The van der Waals surface area contributed by atoms with E-state index in [2.05, 4.69) is 4.90 Å². The van der Waals surface area contributed by atoms with Crippen molar-refractivity contribution in [3.05, 3.63) is 39.9 Å². The minimum Gasteiger partial charge on any atom is -0.392 e. The van der Waals surface area contributed by atoms with Gasteiger partial charge in [0.15, 0.2) is 0 Å². The van der Waals surface area contributed by atoms with Gasteiger partial charge < -0.3 is 5.11 Å².